The third-order valence-corrected chi connectivity index (χ3v) is 5.80. The molecule has 0 unspecified atom stereocenters. The number of hydrogen-bond acceptors (Lipinski definition) is 3. The van der Waals surface area contributed by atoms with Gasteiger partial charge in [-0.25, -0.2) is 0 Å². The maximum Gasteiger partial charge on any atom is 0.233 e. The average molecular weight is 395 g/mol. The first-order chi connectivity index (χ1) is 12.0. The van der Waals surface area contributed by atoms with Crippen LogP contribution in [0, 0.1) is 6.92 Å². The smallest absolute Gasteiger partial charge is 0.233 e. The summed E-state index contributed by atoms with van der Waals surface area (Å²) in [6.07, 6.45) is 0. The molecule has 6 heteroatoms. The molecule has 25 heavy (non-hydrogen) atoms. The van der Waals surface area contributed by atoms with Crippen LogP contribution in [-0.4, -0.2) is 42.7 Å². The lowest BCUT2D eigenvalue weighted by Gasteiger charge is -2.37. The number of hydrogen-bond donors (Lipinski definition) is 0. The quantitative estimate of drug-likeness (QED) is 0.699. The van der Waals surface area contributed by atoms with E-state index in [1.165, 1.54) is 5.56 Å². The van der Waals surface area contributed by atoms with Crippen LogP contribution in [0.4, 0.5) is 5.69 Å². The van der Waals surface area contributed by atoms with Gasteiger partial charge < -0.3 is 9.80 Å². The zero-order valence-corrected chi connectivity index (χ0v) is 16.4. The lowest BCUT2D eigenvalue weighted by molar-refractivity contribution is -0.128. The summed E-state index contributed by atoms with van der Waals surface area (Å²) in [5.74, 6) is 0.639. The fourth-order valence-corrected chi connectivity index (χ4v) is 3.98. The van der Waals surface area contributed by atoms with Gasteiger partial charge in [-0.1, -0.05) is 29.3 Å². The third kappa shape index (κ3) is 4.84. The maximum atomic E-state index is 12.4. The monoisotopic (exact) mass is 394 g/mol. The third-order valence-electron chi connectivity index (χ3n) is 4.32. The van der Waals surface area contributed by atoms with Gasteiger partial charge in [-0.15, -0.1) is 11.8 Å². The SMILES string of the molecule is Cc1ccc(Cl)cc1N1CCN(C(=O)CSc2ccc(Cl)cc2)CC1. The van der Waals surface area contributed by atoms with Crippen LogP contribution in [0.1, 0.15) is 5.56 Å². The molecule has 0 aromatic heterocycles. The van der Waals surface area contributed by atoms with Crippen LogP contribution in [0.2, 0.25) is 10.0 Å². The summed E-state index contributed by atoms with van der Waals surface area (Å²) in [5.41, 5.74) is 2.37. The minimum absolute atomic E-state index is 0.183. The van der Waals surface area contributed by atoms with Crippen LogP contribution in [0.15, 0.2) is 47.4 Å². The highest BCUT2D eigenvalue weighted by atomic mass is 35.5. The van der Waals surface area contributed by atoms with Crippen molar-refractivity contribution in [3.05, 3.63) is 58.1 Å². The predicted molar refractivity (Wildman–Crippen MR) is 107 cm³/mol. The number of rotatable bonds is 4. The molecule has 1 saturated heterocycles. The van der Waals surface area contributed by atoms with Crippen molar-refractivity contribution in [2.45, 2.75) is 11.8 Å². The van der Waals surface area contributed by atoms with Gasteiger partial charge in [0.15, 0.2) is 0 Å². The first-order valence-corrected chi connectivity index (χ1v) is 9.94. The zero-order valence-electron chi connectivity index (χ0n) is 14.0. The molecule has 1 amide bonds. The molecule has 0 spiro atoms. The molecular formula is C19H20Cl2N2OS. The lowest BCUT2D eigenvalue weighted by atomic mass is 10.1. The Kier molecular flexibility index (Phi) is 6.15. The summed E-state index contributed by atoms with van der Waals surface area (Å²) in [6, 6.07) is 13.5. The normalized spacial score (nSPS) is 14.7. The molecule has 0 saturated carbocycles. The lowest BCUT2D eigenvalue weighted by Crippen LogP contribution is -2.49. The molecule has 3 rings (SSSR count). The van der Waals surface area contributed by atoms with Gasteiger partial charge in [-0.3, -0.25) is 4.79 Å². The number of carbonyl (C=O) groups is 1. The molecule has 0 aliphatic carbocycles. The standard InChI is InChI=1S/C19H20Cl2N2OS/c1-14-2-3-16(21)12-18(14)22-8-10-23(11-9-22)19(24)13-25-17-6-4-15(20)5-7-17/h2-7,12H,8-11,13H2,1H3. The predicted octanol–water partition coefficient (Wildman–Crippen LogP) is 4.74. The van der Waals surface area contributed by atoms with E-state index in [0.29, 0.717) is 10.8 Å². The molecule has 1 heterocycles. The first kappa shape index (κ1) is 18.4. The molecule has 1 fully saturated rings. The van der Waals surface area contributed by atoms with Gasteiger partial charge in [0, 0.05) is 46.8 Å². The van der Waals surface area contributed by atoms with E-state index >= 15 is 0 Å². The molecule has 3 nitrogen and oxygen atoms in total. The van der Waals surface area contributed by atoms with Crippen molar-refractivity contribution in [3.63, 3.8) is 0 Å². The van der Waals surface area contributed by atoms with Crippen LogP contribution < -0.4 is 4.90 Å². The Hall–Kier alpha value is -1.36. The van der Waals surface area contributed by atoms with E-state index < -0.39 is 0 Å². The maximum absolute atomic E-state index is 12.4. The summed E-state index contributed by atoms with van der Waals surface area (Å²) in [4.78, 5) is 17.7. The van der Waals surface area contributed by atoms with Crippen molar-refractivity contribution >= 4 is 46.6 Å². The molecule has 2 aromatic rings. The van der Waals surface area contributed by atoms with Gasteiger partial charge in [-0.05, 0) is 48.9 Å². The highest BCUT2D eigenvalue weighted by Gasteiger charge is 2.22. The Labute approximate surface area is 162 Å². The summed E-state index contributed by atoms with van der Waals surface area (Å²) in [6.45, 7) is 5.24. The van der Waals surface area contributed by atoms with Crippen LogP contribution in [0.25, 0.3) is 0 Å². The Balaban J connectivity index is 1.52. The Bertz CT molecular complexity index is 744. The molecule has 0 radical (unpaired) electrons. The highest BCUT2D eigenvalue weighted by molar-refractivity contribution is 8.00. The van der Waals surface area contributed by atoms with E-state index in [0.717, 1.165) is 41.8 Å². The summed E-state index contributed by atoms with van der Waals surface area (Å²) in [7, 11) is 0. The molecule has 0 N–H and O–H groups in total. The molecule has 0 atom stereocenters. The van der Waals surface area contributed by atoms with Crippen molar-refractivity contribution in [2.24, 2.45) is 0 Å². The van der Waals surface area contributed by atoms with Crippen molar-refractivity contribution in [1.82, 2.24) is 4.90 Å². The van der Waals surface area contributed by atoms with Crippen LogP contribution in [0.5, 0.6) is 0 Å². The minimum atomic E-state index is 0.183. The van der Waals surface area contributed by atoms with Gasteiger partial charge in [0.25, 0.3) is 0 Å². The van der Waals surface area contributed by atoms with Crippen LogP contribution in [-0.2, 0) is 4.79 Å². The minimum Gasteiger partial charge on any atom is -0.368 e. The van der Waals surface area contributed by atoms with Crippen molar-refractivity contribution in [3.8, 4) is 0 Å². The van der Waals surface area contributed by atoms with Crippen LogP contribution >= 0.6 is 35.0 Å². The van der Waals surface area contributed by atoms with E-state index in [9.17, 15) is 4.79 Å². The van der Waals surface area contributed by atoms with Gasteiger partial charge >= 0.3 is 0 Å². The fraction of sp³-hybridized carbons (Fsp3) is 0.316. The Morgan fingerprint density at radius 1 is 1.00 bits per heavy atom. The number of thioether (sulfide) groups is 1. The van der Waals surface area contributed by atoms with Gasteiger partial charge in [0.2, 0.25) is 5.91 Å². The van der Waals surface area contributed by atoms with Crippen molar-refractivity contribution in [2.75, 3.05) is 36.8 Å². The fourth-order valence-electron chi connectivity index (χ4n) is 2.89. The van der Waals surface area contributed by atoms with E-state index in [2.05, 4.69) is 11.8 Å². The van der Waals surface area contributed by atoms with Gasteiger partial charge in [0.05, 0.1) is 5.75 Å². The van der Waals surface area contributed by atoms with Gasteiger partial charge in [-0.2, -0.15) is 0 Å². The van der Waals surface area contributed by atoms with Gasteiger partial charge in [0.1, 0.15) is 0 Å². The zero-order chi connectivity index (χ0) is 17.8. The summed E-state index contributed by atoms with van der Waals surface area (Å²) in [5, 5.41) is 1.46. The van der Waals surface area contributed by atoms with Crippen LogP contribution in [0.3, 0.4) is 0 Å². The molecule has 132 valence electrons. The summed E-state index contributed by atoms with van der Waals surface area (Å²) < 4.78 is 0. The molecular weight excluding hydrogens is 375 g/mol. The van der Waals surface area contributed by atoms with E-state index in [1.807, 2.05) is 47.4 Å². The van der Waals surface area contributed by atoms with E-state index in [-0.39, 0.29) is 5.91 Å². The second kappa shape index (κ2) is 8.35. The second-order valence-electron chi connectivity index (χ2n) is 6.04. The number of aryl methyl sites for hydroxylation is 1. The molecule has 0 bridgehead atoms. The number of amides is 1. The van der Waals surface area contributed by atoms with Crippen molar-refractivity contribution in [1.29, 1.82) is 0 Å². The largest absolute Gasteiger partial charge is 0.368 e. The molecule has 1 aliphatic heterocycles. The number of halogens is 2. The second-order valence-corrected chi connectivity index (χ2v) is 7.96. The average Bonchev–Trinajstić information content (AvgIpc) is 2.63. The van der Waals surface area contributed by atoms with E-state index in [4.69, 9.17) is 23.2 Å². The Morgan fingerprint density at radius 3 is 2.32 bits per heavy atom. The number of benzene rings is 2. The molecule has 2 aromatic carbocycles. The number of nitrogens with zero attached hydrogens (tertiary/aromatic N) is 2. The first-order valence-electron chi connectivity index (χ1n) is 8.20. The topological polar surface area (TPSA) is 23.6 Å². The molecule has 1 aliphatic rings. The number of piperazine rings is 1. The van der Waals surface area contributed by atoms with E-state index in [1.54, 1.807) is 11.8 Å². The summed E-state index contributed by atoms with van der Waals surface area (Å²) >= 11 is 13.6. The van der Waals surface area contributed by atoms with Crippen molar-refractivity contribution < 1.29 is 4.79 Å². The Morgan fingerprint density at radius 2 is 1.64 bits per heavy atom. The number of carbonyl (C=O) groups excluding carboxylic acids is 1. The highest BCUT2D eigenvalue weighted by Crippen LogP contribution is 2.26. The number of anilines is 1.